The number of fused-ring (bicyclic) bond motifs is 1. The molecule has 1 N–H and O–H groups in total. The van der Waals surface area contributed by atoms with Gasteiger partial charge in [0.2, 0.25) is 5.88 Å². The fourth-order valence-electron chi connectivity index (χ4n) is 2.92. The number of nitrogens with one attached hydrogen (secondary N) is 1. The lowest BCUT2D eigenvalue weighted by molar-refractivity contribution is 0.103. The van der Waals surface area contributed by atoms with E-state index in [0.29, 0.717) is 16.4 Å². The molecule has 28 heavy (non-hydrogen) atoms. The van der Waals surface area contributed by atoms with E-state index >= 15 is 0 Å². The molecule has 0 atom stereocenters. The van der Waals surface area contributed by atoms with Crippen molar-refractivity contribution in [2.75, 3.05) is 5.32 Å². The minimum absolute atomic E-state index is 0.162. The van der Waals surface area contributed by atoms with E-state index < -0.39 is 0 Å². The minimum Gasteiger partial charge on any atom is -0.439 e. The monoisotopic (exact) mass is 392 g/mol. The van der Waals surface area contributed by atoms with E-state index in [4.69, 9.17) is 4.74 Å². The number of carbonyl (C=O) groups is 1. The molecule has 0 saturated carbocycles. The molecule has 0 bridgehead atoms. The van der Waals surface area contributed by atoms with Gasteiger partial charge < -0.3 is 10.1 Å². The van der Waals surface area contributed by atoms with Gasteiger partial charge in [-0.2, -0.15) is 5.10 Å². The maximum atomic E-state index is 12.6. The zero-order valence-electron chi connectivity index (χ0n) is 16.1. The van der Waals surface area contributed by atoms with Crippen LogP contribution < -0.4 is 10.1 Å². The molecule has 0 aliphatic carbocycles. The number of hydrogen-bond donors (Lipinski definition) is 1. The first-order chi connectivity index (χ1) is 13.4. The molecule has 4 aromatic rings. The lowest BCUT2D eigenvalue weighted by atomic mass is 10.1. The van der Waals surface area contributed by atoms with Crippen LogP contribution in [-0.2, 0) is 7.05 Å². The number of rotatable bonds is 4. The predicted octanol–water partition coefficient (Wildman–Crippen LogP) is 5.00. The van der Waals surface area contributed by atoms with Gasteiger partial charge in [-0.3, -0.25) is 9.48 Å². The number of anilines is 1. The molecule has 0 saturated heterocycles. The van der Waals surface area contributed by atoms with Crippen molar-refractivity contribution in [2.45, 2.75) is 20.8 Å². The average molecular weight is 392 g/mol. The first-order valence-electron chi connectivity index (χ1n) is 8.86. The Balaban J connectivity index is 1.46. The van der Waals surface area contributed by atoms with Gasteiger partial charge in [0.25, 0.3) is 5.91 Å². The summed E-state index contributed by atoms with van der Waals surface area (Å²) in [5.74, 6) is 1.05. The molecule has 1 amide bonds. The fraction of sp³-hybridized carbons (Fsp3) is 0.190. The Labute approximate surface area is 166 Å². The minimum atomic E-state index is -0.162. The standard InChI is InChI=1S/C21H20N4O2S/c1-12-5-7-16(9-13(12)2)27-19-8-6-15(11-22-19)23-20(26)18-10-17-14(3)24-25(4)21(17)28-18/h5-11H,1-4H3,(H,23,26). The number of carbonyl (C=O) groups excluding carboxylic acids is 1. The SMILES string of the molecule is Cc1ccc(Oc2ccc(NC(=O)c3cc4c(C)nn(C)c4s3)cn2)cc1C. The van der Waals surface area contributed by atoms with Crippen LogP contribution in [0.15, 0.2) is 42.6 Å². The zero-order chi connectivity index (χ0) is 19.8. The Kier molecular flexibility index (Phi) is 4.60. The molecule has 7 heteroatoms. The molecule has 4 rings (SSSR count). The van der Waals surface area contributed by atoms with Crippen LogP contribution in [0.3, 0.4) is 0 Å². The molecule has 142 valence electrons. The molecule has 0 spiro atoms. The third-order valence-electron chi connectivity index (χ3n) is 4.61. The van der Waals surface area contributed by atoms with Crippen molar-refractivity contribution in [3.63, 3.8) is 0 Å². The van der Waals surface area contributed by atoms with Crippen LogP contribution in [-0.4, -0.2) is 20.7 Å². The molecular formula is C21H20N4O2S. The van der Waals surface area contributed by atoms with Crippen LogP contribution in [0.5, 0.6) is 11.6 Å². The van der Waals surface area contributed by atoms with Gasteiger partial charge in [0.15, 0.2) is 0 Å². The molecule has 0 aliphatic rings. The summed E-state index contributed by atoms with van der Waals surface area (Å²) in [6, 6.07) is 11.3. The normalized spacial score (nSPS) is 11.0. The van der Waals surface area contributed by atoms with Crippen molar-refractivity contribution in [1.82, 2.24) is 14.8 Å². The number of benzene rings is 1. The number of aromatic nitrogens is 3. The molecular weight excluding hydrogens is 372 g/mol. The smallest absolute Gasteiger partial charge is 0.265 e. The Bertz CT molecular complexity index is 1140. The van der Waals surface area contributed by atoms with Crippen LogP contribution in [0.2, 0.25) is 0 Å². The van der Waals surface area contributed by atoms with Gasteiger partial charge in [-0.1, -0.05) is 6.07 Å². The van der Waals surface area contributed by atoms with Crippen molar-refractivity contribution in [1.29, 1.82) is 0 Å². The highest BCUT2D eigenvalue weighted by atomic mass is 32.1. The first-order valence-corrected chi connectivity index (χ1v) is 9.68. The summed E-state index contributed by atoms with van der Waals surface area (Å²) in [5.41, 5.74) is 3.91. The number of ether oxygens (including phenoxy) is 1. The van der Waals surface area contributed by atoms with Crippen molar-refractivity contribution in [2.24, 2.45) is 7.05 Å². The molecule has 3 heterocycles. The van der Waals surface area contributed by atoms with E-state index in [2.05, 4.69) is 22.3 Å². The maximum Gasteiger partial charge on any atom is 0.265 e. The Morgan fingerprint density at radius 1 is 1.11 bits per heavy atom. The topological polar surface area (TPSA) is 69.0 Å². The molecule has 0 aliphatic heterocycles. The summed E-state index contributed by atoms with van der Waals surface area (Å²) < 4.78 is 7.58. The number of hydrogen-bond acceptors (Lipinski definition) is 5. The maximum absolute atomic E-state index is 12.6. The predicted molar refractivity (Wildman–Crippen MR) is 112 cm³/mol. The van der Waals surface area contributed by atoms with Crippen LogP contribution in [0, 0.1) is 20.8 Å². The van der Waals surface area contributed by atoms with Crippen molar-refractivity contribution >= 4 is 33.1 Å². The summed E-state index contributed by atoms with van der Waals surface area (Å²) in [7, 11) is 1.88. The van der Waals surface area contributed by atoms with Crippen molar-refractivity contribution < 1.29 is 9.53 Å². The van der Waals surface area contributed by atoms with E-state index in [1.165, 1.54) is 16.9 Å². The highest BCUT2D eigenvalue weighted by Gasteiger charge is 2.15. The largest absolute Gasteiger partial charge is 0.439 e. The number of nitrogens with zero attached hydrogens (tertiary/aromatic N) is 3. The number of amides is 1. The highest BCUT2D eigenvalue weighted by molar-refractivity contribution is 7.20. The van der Waals surface area contributed by atoms with Crippen molar-refractivity contribution in [3.8, 4) is 11.6 Å². The summed E-state index contributed by atoms with van der Waals surface area (Å²) in [5, 5.41) is 8.25. The second kappa shape index (κ2) is 7.09. The van der Waals surface area contributed by atoms with E-state index in [9.17, 15) is 4.79 Å². The van der Waals surface area contributed by atoms with Gasteiger partial charge in [0, 0.05) is 18.5 Å². The van der Waals surface area contributed by atoms with E-state index in [1.807, 2.05) is 45.2 Å². The van der Waals surface area contributed by atoms with Gasteiger partial charge in [0.05, 0.1) is 22.5 Å². The lowest BCUT2D eigenvalue weighted by Gasteiger charge is -2.08. The Hall–Kier alpha value is -3.19. The van der Waals surface area contributed by atoms with Crippen LogP contribution >= 0.6 is 11.3 Å². The van der Waals surface area contributed by atoms with Gasteiger partial charge in [-0.25, -0.2) is 4.98 Å². The third kappa shape index (κ3) is 3.48. The lowest BCUT2D eigenvalue weighted by Crippen LogP contribution is -2.10. The Morgan fingerprint density at radius 2 is 1.93 bits per heavy atom. The van der Waals surface area contributed by atoms with Gasteiger partial charge in [0.1, 0.15) is 10.6 Å². The second-order valence-electron chi connectivity index (χ2n) is 6.73. The molecule has 0 fully saturated rings. The highest BCUT2D eigenvalue weighted by Crippen LogP contribution is 2.28. The van der Waals surface area contributed by atoms with Gasteiger partial charge >= 0.3 is 0 Å². The molecule has 0 unspecified atom stereocenters. The average Bonchev–Trinajstić information content (AvgIpc) is 3.22. The first kappa shape index (κ1) is 18.2. The van der Waals surface area contributed by atoms with Gasteiger partial charge in [-0.15, -0.1) is 11.3 Å². The fourth-order valence-corrected chi connectivity index (χ4v) is 3.94. The summed E-state index contributed by atoms with van der Waals surface area (Å²) in [6.07, 6.45) is 1.59. The van der Waals surface area contributed by atoms with E-state index in [1.54, 1.807) is 23.0 Å². The Morgan fingerprint density at radius 3 is 2.61 bits per heavy atom. The third-order valence-corrected chi connectivity index (χ3v) is 5.82. The second-order valence-corrected chi connectivity index (χ2v) is 7.76. The van der Waals surface area contributed by atoms with Gasteiger partial charge in [-0.05, 0) is 56.2 Å². The van der Waals surface area contributed by atoms with E-state index in [-0.39, 0.29) is 5.91 Å². The summed E-state index contributed by atoms with van der Waals surface area (Å²) in [4.78, 5) is 18.5. The van der Waals surface area contributed by atoms with Crippen LogP contribution in [0.1, 0.15) is 26.5 Å². The quantitative estimate of drug-likeness (QED) is 0.531. The molecule has 3 aromatic heterocycles. The number of aryl methyl sites for hydroxylation is 4. The van der Waals surface area contributed by atoms with E-state index in [0.717, 1.165) is 27.2 Å². The van der Waals surface area contributed by atoms with Crippen LogP contribution in [0.4, 0.5) is 5.69 Å². The molecule has 0 radical (unpaired) electrons. The summed E-state index contributed by atoms with van der Waals surface area (Å²) in [6.45, 7) is 6.04. The zero-order valence-corrected chi connectivity index (χ0v) is 16.9. The number of pyridine rings is 1. The molecule has 6 nitrogen and oxygen atoms in total. The molecule has 1 aromatic carbocycles. The van der Waals surface area contributed by atoms with Crippen LogP contribution in [0.25, 0.3) is 10.2 Å². The summed E-state index contributed by atoms with van der Waals surface area (Å²) >= 11 is 1.42. The number of thiophene rings is 1. The van der Waals surface area contributed by atoms with Crippen molar-refractivity contribution in [3.05, 3.63) is 64.3 Å².